The Morgan fingerprint density at radius 3 is 1.62 bits per heavy atom. The molecule has 0 unspecified atom stereocenters. The van der Waals surface area contributed by atoms with Crippen LogP contribution in [0.5, 0.6) is 0 Å². The number of alkyl halides is 2. The minimum atomic E-state index is 0.278. The topological polar surface area (TPSA) is 0 Å². The monoisotopic (exact) mass is 378 g/mol. The van der Waals surface area contributed by atoms with Gasteiger partial charge in [0.05, 0.1) is 9.65 Å². The summed E-state index contributed by atoms with van der Waals surface area (Å²) in [6.45, 7) is 0. The van der Waals surface area contributed by atoms with Crippen LogP contribution in [0.1, 0.15) is 20.8 Å². The van der Waals surface area contributed by atoms with E-state index < -0.39 is 0 Å². The van der Waals surface area contributed by atoms with Gasteiger partial charge in [-0.15, -0.1) is 0 Å². The molecule has 3 rings (SSSR count). The van der Waals surface area contributed by atoms with Gasteiger partial charge in [-0.1, -0.05) is 67.2 Å². The van der Waals surface area contributed by atoms with Crippen molar-refractivity contribution < 1.29 is 0 Å². The maximum absolute atomic E-state index is 6.21. The van der Waals surface area contributed by atoms with E-state index in [2.05, 4.69) is 44.0 Å². The van der Waals surface area contributed by atoms with E-state index in [9.17, 15) is 0 Å². The van der Waals surface area contributed by atoms with Gasteiger partial charge in [-0.3, -0.25) is 0 Å². The third-order valence-electron chi connectivity index (χ3n) is 2.97. The summed E-state index contributed by atoms with van der Waals surface area (Å²) >= 11 is 19.8. The van der Waals surface area contributed by atoms with Gasteiger partial charge < -0.3 is 0 Å². The summed E-state index contributed by atoms with van der Waals surface area (Å²) in [6, 6.07) is 7.94. The SMILES string of the molecule is Clc1ccc2c3c(ccc(Cl)c13)[C@H](Br)[C@@H]2Br. The first-order valence-electron chi connectivity index (χ1n) is 4.80. The second-order valence-electron chi connectivity index (χ2n) is 3.83. The van der Waals surface area contributed by atoms with Crippen LogP contribution in [0.25, 0.3) is 10.8 Å². The molecule has 0 spiro atoms. The lowest BCUT2D eigenvalue weighted by Gasteiger charge is -2.06. The van der Waals surface area contributed by atoms with Crippen LogP contribution in [-0.4, -0.2) is 0 Å². The highest BCUT2D eigenvalue weighted by Gasteiger charge is 2.31. The fourth-order valence-electron chi connectivity index (χ4n) is 2.24. The van der Waals surface area contributed by atoms with Crippen LogP contribution in [0, 0.1) is 0 Å². The second kappa shape index (κ2) is 3.88. The average Bonchev–Trinajstić information content (AvgIpc) is 2.50. The van der Waals surface area contributed by atoms with Crippen LogP contribution in [0.15, 0.2) is 24.3 Å². The molecule has 0 nitrogen and oxygen atoms in total. The van der Waals surface area contributed by atoms with Crippen LogP contribution in [-0.2, 0) is 0 Å². The highest BCUT2D eigenvalue weighted by Crippen LogP contribution is 2.54. The van der Waals surface area contributed by atoms with Crippen molar-refractivity contribution in [2.75, 3.05) is 0 Å². The van der Waals surface area contributed by atoms with Crippen LogP contribution < -0.4 is 0 Å². The predicted molar refractivity (Wildman–Crippen MR) is 77.3 cm³/mol. The largest absolute Gasteiger partial charge is 0.0836 e. The Bertz CT molecular complexity index is 546. The number of hydrogen-bond acceptors (Lipinski definition) is 0. The summed E-state index contributed by atoms with van der Waals surface area (Å²) in [6.07, 6.45) is 0. The molecule has 0 aromatic heterocycles. The lowest BCUT2D eigenvalue weighted by molar-refractivity contribution is 0.999. The molecular formula is C12H6Br2Cl2. The van der Waals surface area contributed by atoms with Gasteiger partial charge in [-0.2, -0.15) is 0 Å². The van der Waals surface area contributed by atoms with Crippen molar-refractivity contribution in [2.45, 2.75) is 9.65 Å². The Morgan fingerprint density at radius 1 is 0.750 bits per heavy atom. The first-order chi connectivity index (χ1) is 7.61. The maximum Gasteiger partial charge on any atom is 0.0567 e. The highest BCUT2D eigenvalue weighted by atomic mass is 79.9. The highest BCUT2D eigenvalue weighted by molar-refractivity contribution is 9.12. The minimum Gasteiger partial charge on any atom is -0.0836 e. The standard InChI is InChI=1S/C12H6Br2Cl2/c13-11-5-1-3-7(15)10-8(16)4-2-6(9(5)10)12(11)14/h1-4,11-12H/t11-,12+. The van der Waals surface area contributed by atoms with Crippen molar-refractivity contribution >= 4 is 65.8 Å². The number of benzene rings is 2. The molecule has 1 aliphatic rings. The summed E-state index contributed by atoms with van der Waals surface area (Å²) in [5, 5.41) is 3.58. The average molecular weight is 381 g/mol. The molecule has 0 saturated heterocycles. The number of halogens is 4. The number of rotatable bonds is 0. The van der Waals surface area contributed by atoms with Gasteiger partial charge in [0.15, 0.2) is 0 Å². The third kappa shape index (κ3) is 1.40. The fraction of sp³-hybridized carbons (Fsp3) is 0.167. The van der Waals surface area contributed by atoms with Crippen molar-refractivity contribution in [3.05, 3.63) is 45.4 Å². The Kier molecular flexibility index (Phi) is 2.75. The zero-order chi connectivity index (χ0) is 11.4. The molecule has 0 amide bonds. The van der Waals surface area contributed by atoms with E-state index >= 15 is 0 Å². The molecule has 1 aliphatic carbocycles. The Balaban J connectivity index is 2.54. The number of hydrogen-bond donors (Lipinski definition) is 0. The van der Waals surface area contributed by atoms with Crippen molar-refractivity contribution in [2.24, 2.45) is 0 Å². The Hall–Kier alpha value is 0.240. The molecule has 0 fully saturated rings. The van der Waals surface area contributed by atoms with Crippen molar-refractivity contribution in [3.63, 3.8) is 0 Å². The molecule has 0 heterocycles. The van der Waals surface area contributed by atoms with Crippen molar-refractivity contribution in [1.29, 1.82) is 0 Å². The molecule has 0 saturated carbocycles. The van der Waals surface area contributed by atoms with E-state index in [-0.39, 0.29) is 9.65 Å². The molecule has 82 valence electrons. The zero-order valence-corrected chi connectivity index (χ0v) is 12.7. The van der Waals surface area contributed by atoms with E-state index in [0.717, 1.165) is 5.39 Å². The summed E-state index contributed by atoms with van der Waals surface area (Å²) in [5.74, 6) is 0. The Morgan fingerprint density at radius 2 is 1.19 bits per heavy atom. The quantitative estimate of drug-likeness (QED) is 0.489. The molecule has 0 aliphatic heterocycles. The van der Waals surface area contributed by atoms with Gasteiger partial charge in [-0.25, -0.2) is 0 Å². The van der Waals surface area contributed by atoms with Gasteiger partial charge >= 0.3 is 0 Å². The molecule has 0 radical (unpaired) electrons. The fourth-order valence-corrected chi connectivity index (χ4v) is 4.14. The van der Waals surface area contributed by atoms with Crippen LogP contribution >= 0.6 is 55.1 Å². The summed E-state index contributed by atoms with van der Waals surface area (Å²) in [4.78, 5) is 0.557. The first-order valence-corrected chi connectivity index (χ1v) is 7.38. The van der Waals surface area contributed by atoms with Gasteiger partial charge in [-0.05, 0) is 28.6 Å². The van der Waals surface area contributed by atoms with Gasteiger partial charge in [0.2, 0.25) is 0 Å². The third-order valence-corrected chi connectivity index (χ3v) is 6.36. The van der Waals surface area contributed by atoms with Crippen LogP contribution in [0.4, 0.5) is 0 Å². The van der Waals surface area contributed by atoms with Gasteiger partial charge in [0, 0.05) is 15.4 Å². The van der Waals surface area contributed by atoms with Crippen molar-refractivity contribution in [3.8, 4) is 0 Å². The first kappa shape index (κ1) is 11.3. The minimum absolute atomic E-state index is 0.278. The predicted octanol–water partition coefficient (Wildman–Crippen LogP) is 6.03. The van der Waals surface area contributed by atoms with Gasteiger partial charge in [0.25, 0.3) is 0 Å². The Labute approximate surface area is 120 Å². The molecule has 2 atom stereocenters. The molecule has 16 heavy (non-hydrogen) atoms. The van der Waals surface area contributed by atoms with E-state index in [1.165, 1.54) is 16.5 Å². The molecule has 0 bridgehead atoms. The van der Waals surface area contributed by atoms with E-state index in [1.54, 1.807) is 0 Å². The molecule has 0 N–H and O–H groups in total. The molecule has 4 heteroatoms. The zero-order valence-electron chi connectivity index (χ0n) is 7.98. The van der Waals surface area contributed by atoms with Crippen molar-refractivity contribution in [1.82, 2.24) is 0 Å². The van der Waals surface area contributed by atoms with E-state index in [4.69, 9.17) is 23.2 Å². The normalized spacial score (nSPS) is 23.0. The molecular weight excluding hydrogens is 375 g/mol. The van der Waals surface area contributed by atoms with E-state index in [1.807, 2.05) is 12.1 Å². The van der Waals surface area contributed by atoms with Crippen LogP contribution in [0.3, 0.4) is 0 Å². The van der Waals surface area contributed by atoms with E-state index in [0.29, 0.717) is 10.0 Å². The van der Waals surface area contributed by atoms with Gasteiger partial charge in [0.1, 0.15) is 0 Å². The summed E-state index contributed by atoms with van der Waals surface area (Å²) in [7, 11) is 0. The second-order valence-corrected chi connectivity index (χ2v) is 6.61. The molecule has 2 aromatic rings. The lowest BCUT2D eigenvalue weighted by Crippen LogP contribution is -1.87. The molecule has 2 aromatic carbocycles. The smallest absolute Gasteiger partial charge is 0.0567 e. The van der Waals surface area contributed by atoms with Crippen LogP contribution in [0.2, 0.25) is 10.0 Å². The maximum atomic E-state index is 6.21. The summed E-state index contributed by atoms with van der Waals surface area (Å²) in [5.41, 5.74) is 2.50. The lowest BCUT2D eigenvalue weighted by atomic mass is 10.1. The summed E-state index contributed by atoms with van der Waals surface area (Å²) < 4.78 is 0.